The topological polar surface area (TPSA) is 74.5 Å². The first-order valence-corrected chi connectivity index (χ1v) is 6.16. The van der Waals surface area contributed by atoms with Crippen LogP contribution in [0.3, 0.4) is 0 Å². The second-order valence-corrected chi connectivity index (χ2v) is 4.70. The van der Waals surface area contributed by atoms with Crippen molar-refractivity contribution in [3.8, 4) is 17.5 Å². The minimum atomic E-state index is -0.0693. The molecule has 5 nitrogen and oxygen atoms in total. The lowest BCUT2D eigenvalue weighted by molar-refractivity contribution is 0.954. The molecule has 1 N–H and O–H groups in total. The van der Waals surface area contributed by atoms with Crippen molar-refractivity contribution in [3.63, 3.8) is 0 Å². The average molecular weight is 264 g/mol. The first-order valence-electron chi connectivity index (χ1n) is 6.16. The summed E-state index contributed by atoms with van der Waals surface area (Å²) in [6.07, 6.45) is 1.67. The molecule has 0 aliphatic heterocycles. The summed E-state index contributed by atoms with van der Waals surface area (Å²) in [7, 11) is 1.84. The van der Waals surface area contributed by atoms with Gasteiger partial charge in [-0.3, -0.25) is 4.79 Å². The Labute approximate surface area is 115 Å². The van der Waals surface area contributed by atoms with E-state index in [4.69, 9.17) is 5.26 Å². The van der Waals surface area contributed by atoms with E-state index in [0.29, 0.717) is 17.0 Å². The molecule has 2 aromatic heterocycles. The van der Waals surface area contributed by atoms with Gasteiger partial charge in [-0.15, -0.1) is 0 Å². The van der Waals surface area contributed by atoms with Crippen LogP contribution in [-0.2, 0) is 7.05 Å². The van der Waals surface area contributed by atoms with Crippen molar-refractivity contribution in [1.29, 1.82) is 5.26 Å². The van der Waals surface area contributed by atoms with E-state index in [2.05, 4.69) is 16.0 Å². The van der Waals surface area contributed by atoms with Gasteiger partial charge in [0.25, 0.3) is 0 Å². The lowest BCUT2D eigenvalue weighted by Crippen LogP contribution is -2.08. The molecule has 0 fully saturated rings. The molecule has 0 saturated carbocycles. The molecular formula is C15H12N4O. The Morgan fingerprint density at radius 2 is 2.15 bits per heavy atom. The Bertz CT molecular complexity index is 912. The molecule has 0 radical (unpaired) electrons. The summed E-state index contributed by atoms with van der Waals surface area (Å²) in [6, 6.07) is 8.94. The van der Waals surface area contributed by atoms with E-state index < -0.39 is 0 Å². The first kappa shape index (κ1) is 12.2. The van der Waals surface area contributed by atoms with Gasteiger partial charge in [0.15, 0.2) is 5.43 Å². The van der Waals surface area contributed by atoms with Crippen molar-refractivity contribution in [2.45, 2.75) is 6.92 Å². The molecule has 0 spiro atoms. The lowest BCUT2D eigenvalue weighted by Gasteiger charge is -2.02. The van der Waals surface area contributed by atoms with Crippen LogP contribution in [0.25, 0.3) is 22.4 Å². The largest absolute Gasteiger partial charge is 0.364 e. The molecule has 0 bridgehead atoms. The summed E-state index contributed by atoms with van der Waals surface area (Å²) in [4.78, 5) is 19.6. The maximum Gasteiger partial charge on any atom is 0.192 e. The van der Waals surface area contributed by atoms with Crippen LogP contribution in [0.5, 0.6) is 0 Å². The van der Waals surface area contributed by atoms with Crippen molar-refractivity contribution in [2.75, 3.05) is 0 Å². The molecular weight excluding hydrogens is 252 g/mol. The Hall–Kier alpha value is -2.87. The van der Waals surface area contributed by atoms with Gasteiger partial charge in [-0.25, -0.2) is 4.98 Å². The van der Waals surface area contributed by atoms with Gasteiger partial charge in [-0.05, 0) is 25.1 Å². The first-order chi connectivity index (χ1) is 9.60. The third kappa shape index (κ3) is 1.79. The molecule has 0 atom stereocenters. The number of aromatic amines is 1. The van der Waals surface area contributed by atoms with Crippen molar-refractivity contribution in [2.24, 2.45) is 7.05 Å². The molecule has 0 aliphatic rings. The number of rotatable bonds is 1. The molecule has 0 saturated heterocycles. The lowest BCUT2D eigenvalue weighted by atomic mass is 10.2. The minimum absolute atomic E-state index is 0.0693. The standard InChI is InChI=1S/C15H12N4O/c1-9-5-14(20)11(8-17-9)15-18-12-4-3-10(7-16)6-13(12)19(15)2/h3-6,8H,1-2H3,(H,17,20). The van der Waals surface area contributed by atoms with E-state index >= 15 is 0 Å². The Morgan fingerprint density at radius 3 is 2.85 bits per heavy atom. The van der Waals surface area contributed by atoms with Gasteiger partial charge in [0.05, 0.1) is 28.2 Å². The Morgan fingerprint density at radius 1 is 1.35 bits per heavy atom. The van der Waals surface area contributed by atoms with Crippen LogP contribution in [-0.4, -0.2) is 14.5 Å². The van der Waals surface area contributed by atoms with Crippen molar-refractivity contribution in [1.82, 2.24) is 14.5 Å². The summed E-state index contributed by atoms with van der Waals surface area (Å²) in [5, 5.41) is 8.95. The SMILES string of the molecule is Cc1cc(=O)c(-c2nc3ccc(C#N)cc3n2C)c[nH]1. The van der Waals surface area contributed by atoms with Crippen LogP contribution < -0.4 is 5.43 Å². The summed E-state index contributed by atoms with van der Waals surface area (Å²) >= 11 is 0. The fourth-order valence-electron chi connectivity index (χ4n) is 2.25. The number of aryl methyl sites for hydroxylation is 2. The smallest absolute Gasteiger partial charge is 0.192 e. The fraction of sp³-hybridized carbons (Fsp3) is 0.133. The molecule has 1 aromatic carbocycles. The summed E-state index contributed by atoms with van der Waals surface area (Å²) in [5.41, 5.74) is 3.43. The van der Waals surface area contributed by atoms with E-state index in [1.807, 2.05) is 18.5 Å². The van der Waals surface area contributed by atoms with Crippen LogP contribution >= 0.6 is 0 Å². The third-order valence-electron chi connectivity index (χ3n) is 3.31. The van der Waals surface area contributed by atoms with E-state index in [1.165, 1.54) is 0 Å². The number of imidazole rings is 1. The number of fused-ring (bicyclic) bond motifs is 1. The highest BCUT2D eigenvalue weighted by Crippen LogP contribution is 2.22. The Kier molecular flexibility index (Phi) is 2.65. The van der Waals surface area contributed by atoms with Crippen molar-refractivity contribution >= 4 is 11.0 Å². The van der Waals surface area contributed by atoms with Gasteiger partial charge < -0.3 is 9.55 Å². The minimum Gasteiger partial charge on any atom is -0.364 e. The molecule has 3 aromatic rings. The third-order valence-corrected chi connectivity index (χ3v) is 3.31. The van der Waals surface area contributed by atoms with E-state index in [-0.39, 0.29) is 5.43 Å². The van der Waals surface area contributed by atoms with Crippen molar-refractivity contribution in [3.05, 3.63) is 51.9 Å². The molecule has 3 rings (SSSR count). The zero-order valence-electron chi connectivity index (χ0n) is 11.1. The predicted octanol–water partition coefficient (Wildman–Crippen LogP) is 2.11. The second kappa shape index (κ2) is 4.35. The maximum absolute atomic E-state index is 12.1. The highest BCUT2D eigenvalue weighted by molar-refractivity contribution is 5.81. The molecule has 20 heavy (non-hydrogen) atoms. The number of pyridine rings is 1. The number of nitriles is 1. The average Bonchev–Trinajstić information content (AvgIpc) is 2.76. The van der Waals surface area contributed by atoms with Crippen LogP contribution in [0.2, 0.25) is 0 Å². The molecule has 0 aliphatic carbocycles. The number of nitrogens with one attached hydrogen (secondary N) is 1. The van der Waals surface area contributed by atoms with Crippen LogP contribution in [0, 0.1) is 18.3 Å². The van der Waals surface area contributed by atoms with Gasteiger partial charge in [-0.1, -0.05) is 0 Å². The van der Waals surface area contributed by atoms with Gasteiger partial charge >= 0.3 is 0 Å². The van der Waals surface area contributed by atoms with Gasteiger partial charge in [0.1, 0.15) is 5.82 Å². The summed E-state index contributed by atoms with van der Waals surface area (Å²) < 4.78 is 1.83. The van der Waals surface area contributed by atoms with Crippen molar-refractivity contribution < 1.29 is 0 Å². The van der Waals surface area contributed by atoms with Crippen LogP contribution in [0.4, 0.5) is 0 Å². The number of benzene rings is 1. The fourth-order valence-corrected chi connectivity index (χ4v) is 2.25. The highest BCUT2D eigenvalue weighted by atomic mass is 16.1. The number of H-pyrrole nitrogens is 1. The molecule has 0 amide bonds. The highest BCUT2D eigenvalue weighted by Gasteiger charge is 2.13. The molecule has 98 valence electrons. The van der Waals surface area contributed by atoms with E-state index in [1.54, 1.807) is 30.5 Å². The number of hydrogen-bond acceptors (Lipinski definition) is 3. The van der Waals surface area contributed by atoms with Gasteiger partial charge in [-0.2, -0.15) is 5.26 Å². The van der Waals surface area contributed by atoms with Gasteiger partial charge in [0.2, 0.25) is 0 Å². The molecule has 2 heterocycles. The number of aromatic nitrogens is 3. The monoisotopic (exact) mass is 264 g/mol. The van der Waals surface area contributed by atoms with Crippen LogP contribution in [0.15, 0.2) is 35.3 Å². The van der Waals surface area contributed by atoms with E-state index in [9.17, 15) is 4.79 Å². The van der Waals surface area contributed by atoms with Crippen LogP contribution in [0.1, 0.15) is 11.3 Å². The number of hydrogen-bond donors (Lipinski definition) is 1. The van der Waals surface area contributed by atoms with E-state index in [0.717, 1.165) is 16.7 Å². The summed E-state index contributed by atoms with van der Waals surface area (Å²) in [6.45, 7) is 1.83. The normalized spacial score (nSPS) is 10.7. The predicted molar refractivity (Wildman–Crippen MR) is 76.2 cm³/mol. The maximum atomic E-state index is 12.1. The number of nitrogens with zero attached hydrogens (tertiary/aromatic N) is 3. The zero-order valence-corrected chi connectivity index (χ0v) is 11.1. The zero-order chi connectivity index (χ0) is 14.3. The second-order valence-electron chi connectivity index (χ2n) is 4.70. The Balaban J connectivity index is 2.30. The molecule has 5 heteroatoms. The van der Waals surface area contributed by atoms with Gasteiger partial charge in [0, 0.05) is 25.0 Å². The molecule has 0 unspecified atom stereocenters. The quantitative estimate of drug-likeness (QED) is 0.731. The summed E-state index contributed by atoms with van der Waals surface area (Å²) in [5.74, 6) is 0.594.